The molecular weight excluding hydrogens is 262 g/mol. The molecule has 3 heteroatoms. The molecule has 0 bridgehead atoms. The summed E-state index contributed by atoms with van der Waals surface area (Å²) < 4.78 is 11.6. The van der Waals surface area contributed by atoms with Gasteiger partial charge in [0.25, 0.3) is 0 Å². The van der Waals surface area contributed by atoms with Gasteiger partial charge in [0.05, 0.1) is 18.8 Å². The molecule has 2 aliphatic rings. The Labute approximate surface area is 128 Å². The van der Waals surface area contributed by atoms with Gasteiger partial charge in [0.1, 0.15) is 5.75 Å². The summed E-state index contributed by atoms with van der Waals surface area (Å²) in [4.78, 5) is 0. The van der Waals surface area contributed by atoms with Gasteiger partial charge >= 0.3 is 0 Å². The molecule has 1 saturated carbocycles. The van der Waals surface area contributed by atoms with Crippen LogP contribution in [0.4, 0.5) is 0 Å². The second-order valence-electron chi connectivity index (χ2n) is 6.58. The number of methoxy groups -OCH3 is 1. The lowest BCUT2D eigenvalue weighted by atomic mass is 9.98. The van der Waals surface area contributed by atoms with Crippen LogP contribution in [0.2, 0.25) is 0 Å². The third-order valence-electron chi connectivity index (χ3n) is 5.10. The molecular formula is C18H27NO2. The van der Waals surface area contributed by atoms with Crippen molar-refractivity contribution in [2.24, 2.45) is 0 Å². The van der Waals surface area contributed by atoms with Gasteiger partial charge in [-0.2, -0.15) is 0 Å². The van der Waals surface area contributed by atoms with Gasteiger partial charge in [-0.1, -0.05) is 25.0 Å². The van der Waals surface area contributed by atoms with Crippen molar-refractivity contribution in [2.45, 2.75) is 63.2 Å². The molecule has 2 atom stereocenters. The molecule has 0 amide bonds. The van der Waals surface area contributed by atoms with E-state index in [0.717, 1.165) is 12.3 Å². The highest BCUT2D eigenvalue weighted by molar-refractivity contribution is 5.30. The lowest BCUT2D eigenvalue weighted by molar-refractivity contribution is -0.0357. The Bertz CT molecular complexity index is 468. The Morgan fingerprint density at radius 1 is 1.33 bits per heavy atom. The lowest BCUT2D eigenvalue weighted by Gasteiger charge is -2.24. The van der Waals surface area contributed by atoms with Crippen molar-refractivity contribution in [3.63, 3.8) is 0 Å². The van der Waals surface area contributed by atoms with Crippen molar-refractivity contribution in [2.75, 3.05) is 13.7 Å². The van der Waals surface area contributed by atoms with Gasteiger partial charge in [-0.25, -0.2) is 0 Å². The summed E-state index contributed by atoms with van der Waals surface area (Å²) in [7, 11) is 1.71. The quantitative estimate of drug-likeness (QED) is 0.893. The van der Waals surface area contributed by atoms with Crippen LogP contribution in [-0.2, 0) is 4.74 Å². The summed E-state index contributed by atoms with van der Waals surface area (Å²) in [6.07, 6.45) is 8.09. The molecule has 0 aromatic heterocycles. The standard InChI is InChI=1S/C18H27NO2/c1-14(15-6-5-7-16(12-15)20-2)19-13-17-8-11-18(21-17)9-3-4-10-18/h5-7,12,14,17,19H,3-4,8-11,13H2,1-2H3/t14-,17?/m0/s1. The zero-order chi connectivity index (χ0) is 14.7. The van der Waals surface area contributed by atoms with E-state index in [0.29, 0.717) is 12.1 Å². The Hall–Kier alpha value is -1.06. The molecule has 1 aromatic rings. The first-order valence-corrected chi connectivity index (χ1v) is 8.26. The Balaban J connectivity index is 1.50. The fourth-order valence-electron chi connectivity index (χ4n) is 3.76. The van der Waals surface area contributed by atoms with Crippen LogP contribution in [0.1, 0.15) is 57.1 Å². The second kappa shape index (κ2) is 6.37. The molecule has 116 valence electrons. The van der Waals surface area contributed by atoms with Crippen LogP contribution < -0.4 is 10.1 Å². The minimum Gasteiger partial charge on any atom is -0.497 e. The van der Waals surface area contributed by atoms with Crippen molar-refractivity contribution in [3.8, 4) is 5.75 Å². The van der Waals surface area contributed by atoms with E-state index in [2.05, 4.69) is 24.4 Å². The first-order chi connectivity index (χ1) is 10.2. The highest BCUT2D eigenvalue weighted by Gasteiger charge is 2.41. The fourth-order valence-corrected chi connectivity index (χ4v) is 3.76. The van der Waals surface area contributed by atoms with Crippen LogP contribution in [-0.4, -0.2) is 25.4 Å². The van der Waals surface area contributed by atoms with Gasteiger partial charge in [-0.3, -0.25) is 0 Å². The first kappa shape index (κ1) is 14.9. The van der Waals surface area contributed by atoms with Gasteiger partial charge in [-0.15, -0.1) is 0 Å². The van der Waals surface area contributed by atoms with E-state index in [4.69, 9.17) is 9.47 Å². The summed E-state index contributed by atoms with van der Waals surface area (Å²) in [6.45, 7) is 3.15. The van der Waals surface area contributed by atoms with Gasteiger partial charge in [0.15, 0.2) is 0 Å². The molecule has 1 aliphatic carbocycles. The average Bonchev–Trinajstić information content (AvgIpc) is 3.15. The maximum absolute atomic E-state index is 6.35. The molecule has 0 radical (unpaired) electrons. The van der Waals surface area contributed by atoms with Crippen molar-refractivity contribution in [1.82, 2.24) is 5.32 Å². The lowest BCUT2D eigenvalue weighted by Crippen LogP contribution is -2.32. The highest BCUT2D eigenvalue weighted by Crippen LogP contribution is 2.43. The Morgan fingerprint density at radius 3 is 2.90 bits per heavy atom. The molecule has 1 heterocycles. The molecule has 21 heavy (non-hydrogen) atoms. The maximum Gasteiger partial charge on any atom is 0.119 e. The normalized spacial score (nSPS) is 25.3. The number of rotatable bonds is 5. The van der Waals surface area contributed by atoms with Crippen molar-refractivity contribution in [3.05, 3.63) is 29.8 Å². The molecule has 1 aliphatic heterocycles. The van der Waals surface area contributed by atoms with Crippen LogP contribution in [0.25, 0.3) is 0 Å². The van der Waals surface area contributed by atoms with Crippen LogP contribution in [0.15, 0.2) is 24.3 Å². The molecule has 1 saturated heterocycles. The highest BCUT2D eigenvalue weighted by atomic mass is 16.5. The van der Waals surface area contributed by atoms with Crippen LogP contribution >= 0.6 is 0 Å². The van der Waals surface area contributed by atoms with Crippen molar-refractivity contribution >= 4 is 0 Å². The maximum atomic E-state index is 6.35. The number of nitrogens with one attached hydrogen (secondary N) is 1. The minimum absolute atomic E-state index is 0.242. The molecule has 1 unspecified atom stereocenters. The van der Waals surface area contributed by atoms with Crippen molar-refractivity contribution in [1.29, 1.82) is 0 Å². The molecule has 1 spiro atoms. The molecule has 3 nitrogen and oxygen atoms in total. The first-order valence-electron chi connectivity index (χ1n) is 8.26. The summed E-state index contributed by atoms with van der Waals surface area (Å²) in [5.74, 6) is 0.920. The van der Waals surface area contributed by atoms with E-state index < -0.39 is 0 Å². The zero-order valence-electron chi connectivity index (χ0n) is 13.2. The predicted molar refractivity (Wildman–Crippen MR) is 84.7 cm³/mol. The average molecular weight is 289 g/mol. The van der Waals surface area contributed by atoms with Crippen LogP contribution in [0, 0.1) is 0 Å². The van der Waals surface area contributed by atoms with E-state index in [1.165, 1.54) is 44.1 Å². The second-order valence-corrected chi connectivity index (χ2v) is 6.58. The number of ether oxygens (including phenoxy) is 2. The topological polar surface area (TPSA) is 30.5 Å². The third kappa shape index (κ3) is 3.41. The number of hydrogen-bond acceptors (Lipinski definition) is 3. The zero-order valence-corrected chi connectivity index (χ0v) is 13.2. The van der Waals surface area contributed by atoms with Gasteiger partial charge < -0.3 is 14.8 Å². The largest absolute Gasteiger partial charge is 0.497 e. The minimum atomic E-state index is 0.242. The fraction of sp³-hybridized carbons (Fsp3) is 0.667. The monoisotopic (exact) mass is 289 g/mol. The van der Waals surface area contributed by atoms with E-state index in [9.17, 15) is 0 Å². The summed E-state index contributed by atoms with van der Waals surface area (Å²) in [5, 5.41) is 3.62. The number of benzene rings is 1. The van der Waals surface area contributed by atoms with Crippen molar-refractivity contribution < 1.29 is 9.47 Å². The van der Waals surface area contributed by atoms with Gasteiger partial charge in [0.2, 0.25) is 0 Å². The van der Waals surface area contributed by atoms with E-state index in [-0.39, 0.29) is 5.60 Å². The number of hydrogen-bond donors (Lipinski definition) is 1. The molecule has 2 fully saturated rings. The van der Waals surface area contributed by atoms with Crippen LogP contribution in [0.3, 0.4) is 0 Å². The third-order valence-corrected chi connectivity index (χ3v) is 5.10. The SMILES string of the molecule is COc1cccc([C@H](C)NCC2CCC3(CCCC3)O2)c1. The van der Waals surface area contributed by atoms with Crippen LogP contribution in [0.5, 0.6) is 5.75 Å². The summed E-state index contributed by atoms with van der Waals surface area (Å²) >= 11 is 0. The Kier molecular flexibility index (Phi) is 4.51. The molecule has 1 N–H and O–H groups in total. The molecule has 3 rings (SSSR count). The summed E-state index contributed by atoms with van der Waals surface area (Å²) in [6, 6.07) is 8.61. The predicted octanol–water partition coefficient (Wildman–Crippen LogP) is 3.84. The van der Waals surface area contributed by atoms with E-state index in [1.807, 2.05) is 12.1 Å². The Morgan fingerprint density at radius 2 is 2.14 bits per heavy atom. The smallest absolute Gasteiger partial charge is 0.119 e. The molecule has 1 aromatic carbocycles. The van der Waals surface area contributed by atoms with E-state index in [1.54, 1.807) is 7.11 Å². The summed E-state index contributed by atoms with van der Waals surface area (Å²) in [5.41, 5.74) is 1.51. The van der Waals surface area contributed by atoms with Gasteiger partial charge in [-0.05, 0) is 50.3 Å². The van der Waals surface area contributed by atoms with Gasteiger partial charge in [0, 0.05) is 12.6 Å². The van der Waals surface area contributed by atoms with E-state index >= 15 is 0 Å².